The van der Waals surface area contributed by atoms with Gasteiger partial charge in [0.15, 0.2) is 5.78 Å². The van der Waals surface area contributed by atoms with Crippen molar-refractivity contribution in [3.63, 3.8) is 0 Å². The Hall–Kier alpha value is -2.31. The van der Waals surface area contributed by atoms with E-state index < -0.39 is 34.8 Å². The number of Topliss-reactive ketones (excluding diaryl/α,β-unsaturated/α-hetero) is 1. The van der Waals surface area contributed by atoms with Crippen molar-refractivity contribution in [1.29, 1.82) is 0 Å². The van der Waals surface area contributed by atoms with Crippen molar-refractivity contribution < 1.29 is 31.1 Å². The number of rotatable bonds is 2. The zero-order valence-electron chi connectivity index (χ0n) is 11.7. The fourth-order valence-electron chi connectivity index (χ4n) is 2.12. The SMILES string of the molecule is CC(=O)c1ccc(-c2ccc(C(F)(F)F)cc2)cc1C(F)(F)F. The summed E-state index contributed by atoms with van der Waals surface area (Å²) in [5.74, 6) is -0.740. The summed E-state index contributed by atoms with van der Waals surface area (Å²) in [5.41, 5.74) is -2.21. The average molecular weight is 332 g/mol. The Kier molecular flexibility index (Phi) is 4.24. The molecule has 0 saturated heterocycles. The molecule has 7 heteroatoms. The normalized spacial score (nSPS) is 12.3. The summed E-state index contributed by atoms with van der Waals surface area (Å²) < 4.78 is 76.6. The molecule has 122 valence electrons. The van der Waals surface area contributed by atoms with Crippen LogP contribution in [0.3, 0.4) is 0 Å². The molecule has 0 aliphatic carbocycles. The molecule has 0 atom stereocenters. The molecule has 2 rings (SSSR count). The minimum atomic E-state index is -4.73. The predicted octanol–water partition coefficient (Wildman–Crippen LogP) is 5.59. The van der Waals surface area contributed by atoms with Crippen LogP contribution in [0.2, 0.25) is 0 Å². The van der Waals surface area contributed by atoms with E-state index >= 15 is 0 Å². The van der Waals surface area contributed by atoms with Gasteiger partial charge < -0.3 is 0 Å². The van der Waals surface area contributed by atoms with Gasteiger partial charge in [-0.2, -0.15) is 26.3 Å². The molecule has 0 aromatic heterocycles. The standard InChI is InChI=1S/C16H10F6O/c1-9(23)13-7-4-11(8-14(13)16(20,21)22)10-2-5-12(6-3-10)15(17,18)19/h2-8H,1H3. The van der Waals surface area contributed by atoms with E-state index in [9.17, 15) is 31.1 Å². The van der Waals surface area contributed by atoms with Crippen LogP contribution in [0.5, 0.6) is 0 Å². The van der Waals surface area contributed by atoms with Crippen molar-refractivity contribution >= 4 is 5.78 Å². The largest absolute Gasteiger partial charge is 0.417 e. The first-order valence-corrected chi connectivity index (χ1v) is 6.40. The first-order valence-electron chi connectivity index (χ1n) is 6.40. The van der Waals surface area contributed by atoms with Crippen LogP contribution in [0.25, 0.3) is 11.1 Å². The van der Waals surface area contributed by atoms with E-state index in [0.29, 0.717) is 0 Å². The number of hydrogen-bond donors (Lipinski definition) is 0. The third-order valence-electron chi connectivity index (χ3n) is 3.25. The van der Waals surface area contributed by atoms with Crippen LogP contribution in [-0.2, 0) is 12.4 Å². The first kappa shape index (κ1) is 17.1. The average Bonchev–Trinajstić information content (AvgIpc) is 2.45. The fraction of sp³-hybridized carbons (Fsp3) is 0.188. The molecule has 0 bridgehead atoms. The van der Waals surface area contributed by atoms with Gasteiger partial charge in [0.05, 0.1) is 11.1 Å². The molecular formula is C16H10F6O. The van der Waals surface area contributed by atoms with Crippen molar-refractivity contribution in [2.75, 3.05) is 0 Å². The van der Waals surface area contributed by atoms with Crippen LogP contribution >= 0.6 is 0 Å². The molecule has 0 N–H and O–H groups in total. The summed E-state index contributed by atoms with van der Waals surface area (Å²) in [4.78, 5) is 11.3. The smallest absolute Gasteiger partial charge is 0.294 e. The minimum absolute atomic E-state index is 0.0797. The molecule has 0 heterocycles. The summed E-state index contributed by atoms with van der Waals surface area (Å²) >= 11 is 0. The van der Waals surface area contributed by atoms with Gasteiger partial charge in [0, 0.05) is 5.56 Å². The Morgan fingerprint density at radius 1 is 0.783 bits per heavy atom. The van der Waals surface area contributed by atoms with E-state index in [2.05, 4.69) is 0 Å². The molecule has 0 fully saturated rings. The Morgan fingerprint density at radius 2 is 1.30 bits per heavy atom. The van der Waals surface area contributed by atoms with E-state index in [1.54, 1.807) is 0 Å². The maximum absolute atomic E-state index is 13.0. The Morgan fingerprint density at radius 3 is 1.74 bits per heavy atom. The fourth-order valence-corrected chi connectivity index (χ4v) is 2.12. The maximum atomic E-state index is 13.0. The Balaban J connectivity index is 2.51. The Labute approximate surface area is 127 Å². The van der Waals surface area contributed by atoms with E-state index in [4.69, 9.17) is 0 Å². The summed E-state index contributed by atoms with van der Waals surface area (Å²) in [6, 6.07) is 6.83. The van der Waals surface area contributed by atoms with Crippen LogP contribution in [0.4, 0.5) is 26.3 Å². The van der Waals surface area contributed by atoms with Crippen molar-refractivity contribution in [2.24, 2.45) is 0 Å². The lowest BCUT2D eigenvalue weighted by atomic mass is 9.96. The second-order valence-corrected chi connectivity index (χ2v) is 4.89. The molecule has 2 aromatic rings. The topological polar surface area (TPSA) is 17.1 Å². The summed E-state index contributed by atoms with van der Waals surface area (Å²) in [5, 5.41) is 0. The molecule has 23 heavy (non-hydrogen) atoms. The lowest BCUT2D eigenvalue weighted by Gasteiger charge is -2.13. The van der Waals surface area contributed by atoms with Crippen molar-refractivity contribution in [3.8, 4) is 11.1 Å². The molecule has 0 spiro atoms. The monoisotopic (exact) mass is 332 g/mol. The second kappa shape index (κ2) is 5.72. The number of hydrogen-bond acceptors (Lipinski definition) is 1. The van der Waals surface area contributed by atoms with Gasteiger partial charge in [-0.1, -0.05) is 24.3 Å². The van der Waals surface area contributed by atoms with Crippen LogP contribution in [0, 0.1) is 0 Å². The summed E-state index contributed by atoms with van der Waals surface area (Å²) in [6.07, 6.45) is -9.25. The quantitative estimate of drug-likeness (QED) is 0.517. The van der Waals surface area contributed by atoms with E-state index in [-0.39, 0.29) is 11.1 Å². The van der Waals surface area contributed by atoms with Gasteiger partial charge in [-0.3, -0.25) is 4.79 Å². The highest BCUT2D eigenvalue weighted by Gasteiger charge is 2.35. The predicted molar refractivity (Wildman–Crippen MR) is 71.9 cm³/mol. The molecular weight excluding hydrogens is 322 g/mol. The lowest BCUT2D eigenvalue weighted by Crippen LogP contribution is -2.11. The molecule has 0 aliphatic heterocycles. The zero-order valence-corrected chi connectivity index (χ0v) is 11.7. The van der Waals surface area contributed by atoms with Gasteiger partial charge in [-0.15, -0.1) is 0 Å². The maximum Gasteiger partial charge on any atom is 0.417 e. The molecule has 1 nitrogen and oxygen atoms in total. The number of alkyl halides is 6. The van der Waals surface area contributed by atoms with Crippen molar-refractivity contribution in [3.05, 3.63) is 59.2 Å². The number of benzene rings is 2. The molecule has 0 unspecified atom stereocenters. The van der Waals surface area contributed by atoms with E-state index in [1.165, 1.54) is 6.07 Å². The molecule has 0 radical (unpaired) electrons. The van der Waals surface area contributed by atoms with Gasteiger partial charge in [-0.05, 0) is 36.2 Å². The van der Waals surface area contributed by atoms with Gasteiger partial charge in [0.25, 0.3) is 0 Å². The highest BCUT2D eigenvalue weighted by molar-refractivity contribution is 5.96. The molecule has 0 amide bonds. The van der Waals surface area contributed by atoms with Gasteiger partial charge in [0.1, 0.15) is 0 Å². The van der Waals surface area contributed by atoms with E-state index in [0.717, 1.165) is 43.3 Å². The summed E-state index contributed by atoms with van der Waals surface area (Å²) in [7, 11) is 0. The van der Waals surface area contributed by atoms with Crippen LogP contribution in [0.1, 0.15) is 28.4 Å². The van der Waals surface area contributed by atoms with Crippen LogP contribution in [-0.4, -0.2) is 5.78 Å². The second-order valence-electron chi connectivity index (χ2n) is 4.89. The first-order chi connectivity index (χ1) is 10.5. The number of carbonyl (C=O) groups excluding carboxylic acids is 1. The highest BCUT2D eigenvalue weighted by Crippen LogP contribution is 2.36. The highest BCUT2D eigenvalue weighted by atomic mass is 19.4. The van der Waals surface area contributed by atoms with Crippen molar-refractivity contribution in [1.82, 2.24) is 0 Å². The third kappa shape index (κ3) is 3.72. The Bertz CT molecular complexity index is 726. The van der Waals surface area contributed by atoms with Gasteiger partial charge >= 0.3 is 12.4 Å². The van der Waals surface area contributed by atoms with Gasteiger partial charge in [-0.25, -0.2) is 0 Å². The number of carbonyl (C=O) groups is 1. The zero-order chi connectivity index (χ0) is 17.4. The number of halogens is 6. The molecule has 0 saturated carbocycles. The van der Waals surface area contributed by atoms with Gasteiger partial charge in [0.2, 0.25) is 0 Å². The van der Waals surface area contributed by atoms with Crippen molar-refractivity contribution in [2.45, 2.75) is 19.3 Å². The van der Waals surface area contributed by atoms with Crippen LogP contribution < -0.4 is 0 Å². The summed E-state index contributed by atoms with van der Waals surface area (Å²) in [6.45, 7) is 1.02. The van der Waals surface area contributed by atoms with Crippen LogP contribution in [0.15, 0.2) is 42.5 Å². The lowest BCUT2D eigenvalue weighted by molar-refractivity contribution is -0.138. The molecule has 0 aliphatic rings. The third-order valence-corrected chi connectivity index (χ3v) is 3.25. The molecule has 2 aromatic carbocycles. The number of ketones is 1. The van der Waals surface area contributed by atoms with E-state index in [1.807, 2.05) is 0 Å². The minimum Gasteiger partial charge on any atom is -0.294 e.